The van der Waals surface area contributed by atoms with Crippen molar-refractivity contribution in [3.63, 3.8) is 0 Å². The second kappa shape index (κ2) is 6.37. The molecule has 5 nitrogen and oxygen atoms in total. The standard InChI is InChI=1S/C15H27N4OPSSi/c1-18(2)21(22,19(3)4)15(23(5,6)7)14(20-17-16-15)13-11-9-8-10-12-13/h8-12,14H,1-7H3/t14-,15-/m0/s1. The normalized spacial score (nSPS) is 25.2. The van der Waals surface area contributed by atoms with E-state index in [-0.39, 0.29) is 6.10 Å². The molecule has 2 rings (SSSR count). The summed E-state index contributed by atoms with van der Waals surface area (Å²) < 4.78 is 4.34. The molecule has 0 spiro atoms. The van der Waals surface area contributed by atoms with Crippen molar-refractivity contribution < 1.29 is 4.84 Å². The maximum absolute atomic E-state index is 6.31. The fourth-order valence-corrected chi connectivity index (χ4v) is 14.8. The summed E-state index contributed by atoms with van der Waals surface area (Å²) in [5.41, 5.74) is 1.10. The number of hydrogen-bond donors (Lipinski definition) is 0. The molecule has 0 fully saturated rings. The molecule has 0 aliphatic carbocycles. The van der Waals surface area contributed by atoms with Crippen LogP contribution in [0.5, 0.6) is 0 Å². The van der Waals surface area contributed by atoms with Gasteiger partial charge in [0.25, 0.3) is 0 Å². The van der Waals surface area contributed by atoms with Crippen molar-refractivity contribution >= 4 is 26.2 Å². The summed E-state index contributed by atoms with van der Waals surface area (Å²) in [4.78, 5) is 5.33. The zero-order valence-corrected chi connectivity index (χ0v) is 17.7. The van der Waals surface area contributed by atoms with Crippen LogP contribution in [0.15, 0.2) is 40.7 Å². The summed E-state index contributed by atoms with van der Waals surface area (Å²) in [5, 5.41) is 8.80. The van der Waals surface area contributed by atoms with Gasteiger partial charge in [-0.3, -0.25) is 9.34 Å². The molecular weight excluding hydrogens is 343 g/mol. The van der Waals surface area contributed by atoms with E-state index in [1.807, 2.05) is 18.2 Å². The Bertz CT molecular complexity index is 620. The van der Waals surface area contributed by atoms with Crippen molar-refractivity contribution in [1.82, 2.24) is 9.34 Å². The van der Waals surface area contributed by atoms with Crippen LogP contribution in [-0.4, -0.2) is 50.5 Å². The molecule has 0 saturated carbocycles. The largest absolute Gasteiger partial charge is 0.368 e. The zero-order chi connectivity index (χ0) is 17.5. The van der Waals surface area contributed by atoms with Gasteiger partial charge in [0, 0.05) is 5.28 Å². The molecule has 0 unspecified atom stereocenters. The van der Waals surface area contributed by atoms with E-state index in [1.165, 1.54) is 0 Å². The van der Waals surface area contributed by atoms with Gasteiger partial charge in [-0.05, 0) is 33.8 Å². The molecule has 1 aliphatic rings. The first kappa shape index (κ1) is 18.7. The van der Waals surface area contributed by atoms with Gasteiger partial charge in [-0.2, -0.15) is 0 Å². The van der Waals surface area contributed by atoms with Crippen LogP contribution in [0.3, 0.4) is 0 Å². The average molecular weight is 371 g/mol. The summed E-state index contributed by atoms with van der Waals surface area (Å²) in [5.74, 6) is 0. The highest BCUT2D eigenvalue weighted by Crippen LogP contribution is 2.71. The van der Waals surface area contributed by atoms with E-state index in [1.54, 1.807) is 0 Å². The lowest BCUT2D eigenvalue weighted by atomic mass is 10.1. The molecule has 23 heavy (non-hydrogen) atoms. The molecule has 8 heteroatoms. The Morgan fingerprint density at radius 1 is 1.09 bits per heavy atom. The predicted octanol–water partition coefficient (Wildman–Crippen LogP) is 4.13. The van der Waals surface area contributed by atoms with Crippen molar-refractivity contribution in [2.24, 2.45) is 10.4 Å². The van der Waals surface area contributed by atoms with Gasteiger partial charge >= 0.3 is 0 Å². The Morgan fingerprint density at radius 2 is 1.61 bits per heavy atom. The smallest absolute Gasteiger partial charge is 0.185 e. The first-order valence-electron chi connectivity index (χ1n) is 7.67. The van der Waals surface area contributed by atoms with Gasteiger partial charge in [0.1, 0.15) is 6.34 Å². The molecule has 1 heterocycles. The van der Waals surface area contributed by atoms with Crippen molar-refractivity contribution in [2.45, 2.75) is 30.6 Å². The summed E-state index contributed by atoms with van der Waals surface area (Å²) in [6, 6.07) is 10.2. The Hall–Kier alpha value is -0.593. The SMILES string of the molecule is CN(C)P(=S)(N(C)C)[C@@]1([Si](C)(C)C)N=NO[C@H]1c1ccccc1. The van der Waals surface area contributed by atoms with Crippen LogP contribution in [0.2, 0.25) is 19.6 Å². The third-order valence-corrected chi connectivity index (χ3v) is 16.6. The Balaban J connectivity index is 2.75. The minimum atomic E-state index is -2.21. The third kappa shape index (κ3) is 2.72. The van der Waals surface area contributed by atoms with Crippen LogP contribution in [0, 0.1) is 0 Å². The Kier molecular flexibility index (Phi) is 5.19. The lowest BCUT2D eigenvalue weighted by Gasteiger charge is -2.52. The van der Waals surface area contributed by atoms with E-state index >= 15 is 0 Å². The molecule has 128 valence electrons. The summed E-state index contributed by atoms with van der Waals surface area (Å²) >= 11 is 6.31. The van der Waals surface area contributed by atoms with Gasteiger partial charge in [0.15, 0.2) is 11.0 Å². The average Bonchev–Trinajstić information content (AvgIpc) is 2.92. The number of benzene rings is 1. The Labute approximate surface area is 145 Å². The van der Waals surface area contributed by atoms with Gasteiger partial charge in [-0.25, -0.2) is 0 Å². The molecule has 0 amide bonds. The highest BCUT2D eigenvalue weighted by Gasteiger charge is 2.65. The van der Waals surface area contributed by atoms with Crippen LogP contribution in [-0.2, 0) is 16.6 Å². The maximum atomic E-state index is 6.31. The van der Waals surface area contributed by atoms with Crippen LogP contribution in [0.1, 0.15) is 11.7 Å². The van der Waals surface area contributed by atoms with Gasteiger partial charge in [-0.1, -0.05) is 61.8 Å². The van der Waals surface area contributed by atoms with Crippen molar-refractivity contribution in [2.75, 3.05) is 28.2 Å². The van der Waals surface area contributed by atoms with E-state index in [2.05, 4.69) is 74.6 Å². The number of nitrogens with zero attached hydrogens (tertiary/aromatic N) is 4. The van der Waals surface area contributed by atoms with Crippen LogP contribution in [0.25, 0.3) is 0 Å². The first-order valence-corrected chi connectivity index (χ1v) is 13.9. The molecule has 0 N–H and O–H groups in total. The predicted molar refractivity (Wildman–Crippen MR) is 103 cm³/mol. The lowest BCUT2D eigenvalue weighted by Crippen LogP contribution is -2.57. The van der Waals surface area contributed by atoms with E-state index in [0.717, 1.165) is 5.56 Å². The third-order valence-electron chi connectivity index (χ3n) is 4.45. The van der Waals surface area contributed by atoms with Crippen LogP contribution < -0.4 is 0 Å². The summed E-state index contributed by atoms with van der Waals surface area (Å²) in [6.07, 6.45) is -2.44. The van der Waals surface area contributed by atoms with E-state index in [4.69, 9.17) is 21.8 Å². The second-order valence-electron chi connectivity index (χ2n) is 7.29. The molecular formula is C15H27N4OPSSi. The highest BCUT2D eigenvalue weighted by molar-refractivity contribution is 8.13. The number of rotatable bonds is 5. The second-order valence-corrected chi connectivity index (χ2v) is 17.9. The van der Waals surface area contributed by atoms with E-state index < -0.39 is 19.3 Å². The molecule has 1 aromatic carbocycles. The molecule has 1 aliphatic heterocycles. The Morgan fingerprint density at radius 3 is 2.04 bits per heavy atom. The molecule has 0 saturated heterocycles. The molecule has 0 bridgehead atoms. The minimum Gasteiger partial charge on any atom is -0.368 e. The number of hydrogen-bond acceptors (Lipinski definition) is 4. The zero-order valence-electron chi connectivity index (χ0n) is 15.0. The first-order chi connectivity index (χ1) is 10.6. The fraction of sp³-hybridized carbons (Fsp3) is 0.600. The van der Waals surface area contributed by atoms with Crippen molar-refractivity contribution in [3.8, 4) is 0 Å². The van der Waals surface area contributed by atoms with Gasteiger partial charge < -0.3 is 4.84 Å². The summed E-state index contributed by atoms with van der Waals surface area (Å²) in [7, 11) is 6.31. The highest BCUT2D eigenvalue weighted by atomic mass is 32.4. The molecule has 0 radical (unpaired) electrons. The fourth-order valence-electron chi connectivity index (χ4n) is 3.34. The summed E-state index contributed by atoms with van der Waals surface area (Å²) in [6.45, 7) is 6.93. The van der Waals surface area contributed by atoms with Gasteiger partial charge in [-0.15, -0.1) is 5.11 Å². The monoisotopic (exact) mass is 370 g/mol. The van der Waals surface area contributed by atoms with E-state index in [9.17, 15) is 0 Å². The van der Waals surface area contributed by atoms with Gasteiger partial charge in [0.05, 0.1) is 8.07 Å². The lowest BCUT2D eigenvalue weighted by molar-refractivity contribution is 0.0782. The molecule has 2 atom stereocenters. The van der Waals surface area contributed by atoms with E-state index in [0.29, 0.717) is 0 Å². The molecule has 1 aromatic rings. The maximum Gasteiger partial charge on any atom is 0.185 e. The quantitative estimate of drug-likeness (QED) is 0.577. The minimum absolute atomic E-state index is 0.231. The van der Waals surface area contributed by atoms with Gasteiger partial charge in [0.2, 0.25) is 0 Å². The topological polar surface area (TPSA) is 40.4 Å². The van der Waals surface area contributed by atoms with Crippen LogP contribution >= 0.6 is 6.34 Å². The van der Waals surface area contributed by atoms with Crippen molar-refractivity contribution in [3.05, 3.63) is 35.9 Å². The molecule has 0 aromatic heterocycles. The van der Waals surface area contributed by atoms with Crippen LogP contribution in [0.4, 0.5) is 0 Å². The van der Waals surface area contributed by atoms with Crippen molar-refractivity contribution in [1.29, 1.82) is 0 Å².